The van der Waals surface area contributed by atoms with Gasteiger partial charge in [0.25, 0.3) is 0 Å². The number of nitrogens with zero attached hydrogens (tertiary/aromatic N) is 1. The summed E-state index contributed by atoms with van der Waals surface area (Å²) < 4.78 is 5.30. The first-order valence-corrected chi connectivity index (χ1v) is 5.16. The summed E-state index contributed by atoms with van der Waals surface area (Å²) in [5.41, 5.74) is 2.96. The van der Waals surface area contributed by atoms with Crippen molar-refractivity contribution in [1.82, 2.24) is 0 Å². The van der Waals surface area contributed by atoms with Crippen LogP contribution in [0.25, 0.3) is 0 Å². The first-order chi connectivity index (χ1) is 7.27. The highest BCUT2D eigenvalue weighted by atomic mass is 16.5. The molecule has 15 heavy (non-hydrogen) atoms. The van der Waals surface area contributed by atoms with Crippen molar-refractivity contribution in [1.29, 1.82) is 0 Å². The summed E-state index contributed by atoms with van der Waals surface area (Å²) >= 11 is 0. The second-order valence-electron chi connectivity index (χ2n) is 3.91. The van der Waals surface area contributed by atoms with E-state index in [1.54, 1.807) is 7.11 Å². The van der Waals surface area contributed by atoms with E-state index in [2.05, 4.69) is 12.1 Å². The Labute approximate surface area is 89.4 Å². The Bertz CT molecular complexity index is 399. The SMILES string of the molecule is COc1cccc2c1CCC(C)/C2=N\O. The molecule has 0 spiro atoms. The third kappa shape index (κ3) is 1.58. The molecule has 2 rings (SSSR count). The Morgan fingerprint density at radius 3 is 2.93 bits per heavy atom. The molecule has 3 heteroatoms. The van der Waals surface area contributed by atoms with Crippen molar-refractivity contribution in [3.8, 4) is 5.75 Å². The van der Waals surface area contributed by atoms with Gasteiger partial charge in [0.2, 0.25) is 0 Å². The highest BCUT2D eigenvalue weighted by Crippen LogP contribution is 2.32. The highest BCUT2D eigenvalue weighted by molar-refractivity contribution is 6.04. The van der Waals surface area contributed by atoms with Gasteiger partial charge in [0.15, 0.2) is 0 Å². The zero-order valence-electron chi connectivity index (χ0n) is 9.03. The molecule has 0 saturated carbocycles. The van der Waals surface area contributed by atoms with Gasteiger partial charge in [0.1, 0.15) is 5.75 Å². The predicted octanol–water partition coefficient (Wildman–Crippen LogP) is 2.46. The molecule has 0 aromatic heterocycles. The van der Waals surface area contributed by atoms with Crippen molar-refractivity contribution >= 4 is 5.71 Å². The summed E-state index contributed by atoms with van der Waals surface area (Å²) in [5, 5.41) is 12.4. The molecule has 0 aliphatic heterocycles. The smallest absolute Gasteiger partial charge is 0.122 e. The first-order valence-electron chi connectivity index (χ1n) is 5.16. The van der Waals surface area contributed by atoms with Crippen LogP contribution >= 0.6 is 0 Å². The summed E-state index contributed by atoms with van der Waals surface area (Å²) in [6.45, 7) is 2.08. The van der Waals surface area contributed by atoms with Gasteiger partial charge >= 0.3 is 0 Å². The Hall–Kier alpha value is -1.51. The fourth-order valence-electron chi connectivity index (χ4n) is 2.17. The molecule has 80 valence electrons. The molecule has 0 radical (unpaired) electrons. The summed E-state index contributed by atoms with van der Waals surface area (Å²) in [7, 11) is 1.67. The van der Waals surface area contributed by atoms with E-state index in [0.29, 0.717) is 5.92 Å². The molecule has 3 nitrogen and oxygen atoms in total. The Morgan fingerprint density at radius 1 is 1.47 bits per heavy atom. The van der Waals surface area contributed by atoms with Gasteiger partial charge < -0.3 is 9.94 Å². The zero-order valence-corrected chi connectivity index (χ0v) is 9.03. The molecule has 0 bridgehead atoms. The minimum absolute atomic E-state index is 0.314. The van der Waals surface area contributed by atoms with Gasteiger partial charge in [0, 0.05) is 17.0 Å². The molecule has 1 unspecified atom stereocenters. The van der Waals surface area contributed by atoms with Crippen LogP contribution in [0.3, 0.4) is 0 Å². The largest absolute Gasteiger partial charge is 0.496 e. The Kier molecular flexibility index (Phi) is 2.62. The maximum absolute atomic E-state index is 9.02. The van der Waals surface area contributed by atoms with Crippen LogP contribution in [0.2, 0.25) is 0 Å². The van der Waals surface area contributed by atoms with Crippen LogP contribution in [0.15, 0.2) is 23.4 Å². The number of benzene rings is 1. The van der Waals surface area contributed by atoms with E-state index in [0.717, 1.165) is 35.4 Å². The standard InChI is InChI=1S/C12H15NO2/c1-8-6-7-9-10(12(8)13-14)4-3-5-11(9)15-2/h3-5,8,14H,6-7H2,1-2H3/b13-12+. The molecule has 1 N–H and O–H groups in total. The summed E-state index contributed by atoms with van der Waals surface area (Å²) in [5.74, 6) is 1.20. The topological polar surface area (TPSA) is 41.8 Å². The second kappa shape index (κ2) is 3.93. The van der Waals surface area contributed by atoms with Gasteiger partial charge in [-0.25, -0.2) is 0 Å². The van der Waals surface area contributed by atoms with E-state index in [1.807, 2.05) is 18.2 Å². The molecule has 1 aliphatic carbocycles. The molecule has 0 fully saturated rings. The number of hydrogen-bond acceptors (Lipinski definition) is 3. The molecular formula is C12H15NO2. The molecule has 1 aliphatic rings. The van der Waals surface area contributed by atoms with Gasteiger partial charge in [-0.1, -0.05) is 24.2 Å². The number of rotatable bonds is 1. The number of ether oxygens (including phenoxy) is 1. The third-order valence-electron chi connectivity index (χ3n) is 3.03. The van der Waals surface area contributed by atoms with Crippen LogP contribution in [0.5, 0.6) is 5.75 Å². The van der Waals surface area contributed by atoms with E-state index >= 15 is 0 Å². The van der Waals surface area contributed by atoms with Crippen LogP contribution in [-0.2, 0) is 6.42 Å². The first kappa shape index (κ1) is 10.0. The van der Waals surface area contributed by atoms with Crippen molar-refractivity contribution in [2.75, 3.05) is 7.11 Å². The van der Waals surface area contributed by atoms with E-state index < -0.39 is 0 Å². The minimum Gasteiger partial charge on any atom is -0.496 e. The van der Waals surface area contributed by atoms with Gasteiger partial charge in [0.05, 0.1) is 12.8 Å². The number of methoxy groups -OCH3 is 1. The maximum atomic E-state index is 9.02. The minimum atomic E-state index is 0.314. The van der Waals surface area contributed by atoms with Crippen molar-refractivity contribution < 1.29 is 9.94 Å². The van der Waals surface area contributed by atoms with Crippen molar-refractivity contribution in [2.24, 2.45) is 11.1 Å². The van der Waals surface area contributed by atoms with Crippen LogP contribution in [0.1, 0.15) is 24.5 Å². The van der Waals surface area contributed by atoms with Gasteiger partial charge in [-0.05, 0) is 18.9 Å². The summed E-state index contributed by atoms with van der Waals surface area (Å²) in [6, 6.07) is 5.87. The van der Waals surface area contributed by atoms with Gasteiger partial charge in [-0.15, -0.1) is 0 Å². The average Bonchev–Trinajstić information content (AvgIpc) is 2.28. The molecule has 0 saturated heterocycles. The molecule has 1 atom stereocenters. The second-order valence-corrected chi connectivity index (χ2v) is 3.91. The number of hydrogen-bond donors (Lipinski definition) is 1. The lowest BCUT2D eigenvalue weighted by Crippen LogP contribution is -2.21. The fraction of sp³-hybridized carbons (Fsp3) is 0.417. The zero-order chi connectivity index (χ0) is 10.8. The monoisotopic (exact) mass is 205 g/mol. The van der Waals surface area contributed by atoms with E-state index in [9.17, 15) is 0 Å². The Balaban J connectivity index is 2.56. The van der Waals surface area contributed by atoms with E-state index in [4.69, 9.17) is 9.94 Å². The van der Waals surface area contributed by atoms with Gasteiger partial charge in [-0.2, -0.15) is 0 Å². The normalized spacial score (nSPS) is 22.5. The van der Waals surface area contributed by atoms with Crippen molar-refractivity contribution in [3.05, 3.63) is 29.3 Å². The van der Waals surface area contributed by atoms with Crippen molar-refractivity contribution in [3.63, 3.8) is 0 Å². The highest BCUT2D eigenvalue weighted by Gasteiger charge is 2.24. The van der Waals surface area contributed by atoms with Crippen LogP contribution in [0.4, 0.5) is 0 Å². The maximum Gasteiger partial charge on any atom is 0.122 e. The summed E-state index contributed by atoms with van der Waals surface area (Å²) in [6.07, 6.45) is 1.99. The molecule has 1 aromatic carbocycles. The Morgan fingerprint density at radius 2 is 2.27 bits per heavy atom. The van der Waals surface area contributed by atoms with E-state index in [1.165, 1.54) is 0 Å². The number of oxime groups is 1. The third-order valence-corrected chi connectivity index (χ3v) is 3.03. The van der Waals surface area contributed by atoms with Crippen LogP contribution in [-0.4, -0.2) is 18.0 Å². The molecule has 1 aromatic rings. The lowest BCUT2D eigenvalue weighted by atomic mass is 9.83. The van der Waals surface area contributed by atoms with Crippen LogP contribution in [0, 0.1) is 5.92 Å². The molecule has 0 amide bonds. The van der Waals surface area contributed by atoms with Gasteiger partial charge in [-0.3, -0.25) is 0 Å². The van der Waals surface area contributed by atoms with Crippen LogP contribution < -0.4 is 4.74 Å². The lowest BCUT2D eigenvalue weighted by Gasteiger charge is -2.24. The van der Waals surface area contributed by atoms with E-state index in [-0.39, 0.29) is 0 Å². The predicted molar refractivity (Wildman–Crippen MR) is 58.8 cm³/mol. The quantitative estimate of drug-likeness (QED) is 0.565. The summed E-state index contributed by atoms with van der Waals surface area (Å²) in [4.78, 5) is 0. The average molecular weight is 205 g/mol. The lowest BCUT2D eigenvalue weighted by molar-refractivity contribution is 0.314. The van der Waals surface area contributed by atoms with Crippen molar-refractivity contribution in [2.45, 2.75) is 19.8 Å². The number of fused-ring (bicyclic) bond motifs is 1. The fourth-order valence-corrected chi connectivity index (χ4v) is 2.17. The molecular weight excluding hydrogens is 190 g/mol. The molecule has 0 heterocycles.